The van der Waals surface area contributed by atoms with Gasteiger partial charge in [0.2, 0.25) is 5.79 Å². The van der Waals surface area contributed by atoms with Gasteiger partial charge in [-0.05, 0) is 37.7 Å². The van der Waals surface area contributed by atoms with Crippen LogP contribution < -0.4 is 21.1 Å². The van der Waals surface area contributed by atoms with Crippen LogP contribution in [0.15, 0.2) is 47.1 Å². The number of ether oxygens (including phenoxy) is 1. The first kappa shape index (κ1) is 27.1. The first-order valence-corrected chi connectivity index (χ1v) is 12.5. The van der Waals surface area contributed by atoms with Crippen LogP contribution in [-0.2, 0) is 10.6 Å². The second-order valence-corrected chi connectivity index (χ2v) is 9.75. The predicted molar refractivity (Wildman–Crippen MR) is 141 cm³/mol. The lowest BCUT2D eigenvalue weighted by Gasteiger charge is -2.36. The van der Waals surface area contributed by atoms with Gasteiger partial charge in [-0.1, -0.05) is 23.2 Å². The van der Waals surface area contributed by atoms with Gasteiger partial charge in [0.05, 0.1) is 27.8 Å². The van der Waals surface area contributed by atoms with Crippen LogP contribution in [0.4, 0.5) is 14.5 Å². The minimum atomic E-state index is -1.57. The van der Waals surface area contributed by atoms with Gasteiger partial charge < -0.3 is 30.9 Å². The summed E-state index contributed by atoms with van der Waals surface area (Å²) in [5.74, 6) is -3.38. The topological polar surface area (TPSA) is 95.2 Å². The summed E-state index contributed by atoms with van der Waals surface area (Å²) in [6.45, 7) is 5.38. The van der Waals surface area contributed by atoms with Crippen LogP contribution in [0.25, 0.3) is 0 Å². The number of amides is 1. The summed E-state index contributed by atoms with van der Waals surface area (Å²) in [7, 11) is 2.11. The number of nitrogens with one attached hydrogen (secondary N) is 2. The highest BCUT2D eigenvalue weighted by Gasteiger charge is 2.37. The van der Waals surface area contributed by atoms with E-state index in [0.717, 1.165) is 51.3 Å². The van der Waals surface area contributed by atoms with Crippen LogP contribution >= 0.6 is 23.2 Å². The molecule has 37 heavy (non-hydrogen) atoms. The molecule has 1 unspecified atom stereocenters. The zero-order valence-corrected chi connectivity index (χ0v) is 21.8. The van der Waals surface area contributed by atoms with Gasteiger partial charge in [-0.15, -0.1) is 0 Å². The summed E-state index contributed by atoms with van der Waals surface area (Å²) in [6.07, 6.45) is 3.34. The van der Waals surface area contributed by atoms with Crippen LogP contribution in [0.5, 0.6) is 5.75 Å². The molecule has 0 bridgehead atoms. The quantitative estimate of drug-likeness (QED) is 0.412. The number of hydrogen-bond donors (Lipinski definition) is 3. The van der Waals surface area contributed by atoms with Crippen LogP contribution in [0.2, 0.25) is 10.0 Å². The van der Waals surface area contributed by atoms with Crippen molar-refractivity contribution in [3.63, 3.8) is 0 Å². The summed E-state index contributed by atoms with van der Waals surface area (Å²) >= 11 is 12.6. The molecule has 2 aromatic rings. The fourth-order valence-corrected chi connectivity index (χ4v) is 4.89. The second kappa shape index (κ2) is 11.6. The van der Waals surface area contributed by atoms with Crippen molar-refractivity contribution in [3.05, 3.63) is 69.3 Å². The number of carbonyl (C=O) groups excluding carboxylic acids is 1. The number of likely N-dealkylation sites (N-methyl/N-ethyl adjacent to an activating group) is 1. The Kier molecular flexibility index (Phi) is 8.53. The third-order valence-corrected chi connectivity index (χ3v) is 6.81. The molecular weight excluding hydrogens is 525 g/mol. The maximum Gasteiger partial charge on any atom is 0.251 e. The minimum Gasteiger partial charge on any atom is -0.490 e. The normalized spacial score (nSPS) is 20.3. The summed E-state index contributed by atoms with van der Waals surface area (Å²) in [6, 6.07) is 6.52. The molecule has 2 aromatic carbocycles. The van der Waals surface area contributed by atoms with E-state index in [2.05, 4.69) is 32.5 Å². The van der Waals surface area contributed by atoms with Crippen LogP contribution in [-0.4, -0.2) is 68.3 Å². The van der Waals surface area contributed by atoms with Gasteiger partial charge in [-0.3, -0.25) is 4.79 Å². The molecule has 4 N–H and O–H groups in total. The van der Waals surface area contributed by atoms with Gasteiger partial charge in [0.15, 0.2) is 11.6 Å². The summed E-state index contributed by atoms with van der Waals surface area (Å²) in [5.41, 5.74) is 5.91. The highest BCUT2D eigenvalue weighted by molar-refractivity contribution is 6.36. The van der Waals surface area contributed by atoms with E-state index in [-0.39, 0.29) is 26.9 Å². The smallest absolute Gasteiger partial charge is 0.251 e. The number of anilines is 1. The molecule has 12 heteroatoms. The molecule has 4 rings (SSSR count). The summed E-state index contributed by atoms with van der Waals surface area (Å²) < 4.78 is 34.4. The fourth-order valence-electron chi connectivity index (χ4n) is 4.16. The Bertz CT molecular complexity index is 1200. The molecule has 8 nitrogen and oxygen atoms in total. The molecule has 0 aliphatic carbocycles. The average molecular weight is 553 g/mol. The molecule has 1 fully saturated rings. The van der Waals surface area contributed by atoms with Crippen molar-refractivity contribution in [3.8, 4) is 5.75 Å². The predicted octanol–water partition coefficient (Wildman–Crippen LogP) is 3.55. The Hall–Kier alpha value is -2.92. The molecule has 2 aliphatic rings. The van der Waals surface area contributed by atoms with Crippen molar-refractivity contribution >= 4 is 41.0 Å². The SMILES string of the molecule is CN1CCN(CCCOc2ccc(NC3(c4c(Cl)cc(F)cc4Cl)N=CC(C(N)=O)=CN3)cc2F)CC1. The Morgan fingerprint density at radius 1 is 1.19 bits per heavy atom. The standard InChI is InChI=1S/C25H28Cl2F2N6O2/c1-34-6-8-35(9-7-34)5-2-10-37-22-4-3-18(13-21(22)29)33-25(31-14-16(15-32-25)24(30)36)23-19(26)11-17(28)12-20(23)27/h3-4,11-15,31,33H,2,5-10H2,1H3,(H2,30,36). The zero-order chi connectivity index (χ0) is 26.6. The van der Waals surface area contributed by atoms with Gasteiger partial charge in [0.1, 0.15) is 5.82 Å². The van der Waals surface area contributed by atoms with E-state index in [4.69, 9.17) is 33.7 Å². The molecule has 198 valence electrons. The zero-order valence-electron chi connectivity index (χ0n) is 20.2. The number of primary amides is 1. The largest absolute Gasteiger partial charge is 0.490 e. The molecule has 0 spiro atoms. The lowest BCUT2D eigenvalue weighted by atomic mass is 10.0. The number of halogens is 4. The molecule has 0 radical (unpaired) electrons. The summed E-state index contributed by atoms with van der Waals surface area (Å²) in [5, 5.41) is 5.91. The van der Waals surface area contributed by atoms with E-state index in [1.807, 2.05) is 0 Å². The van der Waals surface area contributed by atoms with Gasteiger partial charge in [-0.25, -0.2) is 13.8 Å². The Balaban J connectivity index is 1.48. The van der Waals surface area contributed by atoms with Crippen molar-refractivity contribution in [2.75, 3.05) is 51.7 Å². The van der Waals surface area contributed by atoms with E-state index in [0.29, 0.717) is 12.3 Å². The number of rotatable bonds is 9. The fraction of sp³-hybridized carbons (Fsp3) is 0.360. The van der Waals surface area contributed by atoms with Gasteiger partial charge in [0.25, 0.3) is 5.91 Å². The van der Waals surface area contributed by atoms with E-state index < -0.39 is 23.3 Å². The number of hydrogen-bond acceptors (Lipinski definition) is 7. The maximum atomic E-state index is 14.9. The van der Waals surface area contributed by atoms with Crippen LogP contribution in [0.1, 0.15) is 12.0 Å². The van der Waals surface area contributed by atoms with E-state index in [1.54, 1.807) is 6.07 Å². The van der Waals surface area contributed by atoms with Crippen LogP contribution in [0, 0.1) is 11.6 Å². The number of benzene rings is 2. The average Bonchev–Trinajstić information content (AvgIpc) is 2.83. The molecule has 0 saturated carbocycles. The number of nitrogens with two attached hydrogens (primary N) is 1. The molecular formula is C25H28Cl2F2N6O2. The number of aliphatic imine (C=N–C) groups is 1. The number of piperazine rings is 1. The Morgan fingerprint density at radius 3 is 2.49 bits per heavy atom. The van der Waals surface area contributed by atoms with Gasteiger partial charge >= 0.3 is 0 Å². The molecule has 2 heterocycles. The van der Waals surface area contributed by atoms with Crippen molar-refractivity contribution < 1.29 is 18.3 Å². The molecule has 2 aliphatic heterocycles. The number of carbonyl (C=O) groups is 1. The van der Waals surface area contributed by atoms with Gasteiger partial charge in [-0.2, -0.15) is 0 Å². The van der Waals surface area contributed by atoms with Crippen molar-refractivity contribution in [2.24, 2.45) is 10.7 Å². The van der Waals surface area contributed by atoms with Crippen molar-refractivity contribution in [2.45, 2.75) is 12.2 Å². The first-order chi connectivity index (χ1) is 17.7. The van der Waals surface area contributed by atoms with Crippen molar-refractivity contribution in [1.29, 1.82) is 0 Å². The van der Waals surface area contributed by atoms with E-state index in [1.165, 1.54) is 24.5 Å². The highest BCUT2D eigenvalue weighted by atomic mass is 35.5. The molecule has 1 saturated heterocycles. The second-order valence-electron chi connectivity index (χ2n) is 8.94. The molecule has 1 atom stereocenters. The van der Waals surface area contributed by atoms with E-state index in [9.17, 15) is 13.6 Å². The van der Waals surface area contributed by atoms with Crippen LogP contribution in [0.3, 0.4) is 0 Å². The number of nitrogens with zero attached hydrogens (tertiary/aromatic N) is 3. The van der Waals surface area contributed by atoms with E-state index >= 15 is 0 Å². The Labute approximate surface area is 224 Å². The lowest BCUT2D eigenvalue weighted by molar-refractivity contribution is -0.114. The van der Waals surface area contributed by atoms with Gasteiger partial charge in [0, 0.05) is 56.9 Å². The third-order valence-electron chi connectivity index (χ3n) is 6.22. The summed E-state index contributed by atoms with van der Waals surface area (Å²) in [4.78, 5) is 20.6. The first-order valence-electron chi connectivity index (χ1n) is 11.8. The Morgan fingerprint density at radius 2 is 1.89 bits per heavy atom. The van der Waals surface area contributed by atoms with Crippen molar-refractivity contribution in [1.82, 2.24) is 15.1 Å². The monoisotopic (exact) mass is 552 g/mol. The molecule has 1 amide bonds. The molecule has 0 aromatic heterocycles. The minimum absolute atomic E-state index is 0.0288. The third kappa shape index (κ3) is 6.51. The lowest BCUT2D eigenvalue weighted by Crippen LogP contribution is -2.48. The highest BCUT2D eigenvalue weighted by Crippen LogP contribution is 2.38. The maximum absolute atomic E-state index is 14.9.